The van der Waals surface area contributed by atoms with Crippen LogP contribution in [-0.4, -0.2) is 24.6 Å². The van der Waals surface area contributed by atoms with Crippen molar-refractivity contribution in [1.29, 1.82) is 0 Å². The predicted octanol–water partition coefficient (Wildman–Crippen LogP) is 3.74. The predicted molar refractivity (Wildman–Crippen MR) is 125 cm³/mol. The molecule has 1 aliphatic heterocycles. The summed E-state index contributed by atoms with van der Waals surface area (Å²) in [6.07, 6.45) is 2.43. The molecule has 0 spiro atoms. The van der Waals surface area contributed by atoms with E-state index in [-0.39, 0.29) is 0 Å². The van der Waals surface area contributed by atoms with Gasteiger partial charge in [-0.3, -0.25) is 0 Å². The summed E-state index contributed by atoms with van der Waals surface area (Å²) >= 11 is 0. The summed E-state index contributed by atoms with van der Waals surface area (Å²) in [5.41, 5.74) is 18.1. The molecule has 2 heterocycles. The number of nitrogens with one attached hydrogen (secondary N) is 2. The molecule has 0 aliphatic carbocycles. The summed E-state index contributed by atoms with van der Waals surface area (Å²) in [4.78, 5) is 5.02. The highest BCUT2D eigenvalue weighted by molar-refractivity contribution is 5.82. The van der Waals surface area contributed by atoms with Gasteiger partial charge in [0.2, 0.25) is 0 Å². The number of hydrogen-bond acceptors (Lipinski definition) is 5. The summed E-state index contributed by atoms with van der Waals surface area (Å²) in [6.45, 7) is 4.27. The number of benzene rings is 2. The SMILES string of the molecule is NCc1ccc(-c2ccc(NCC3CCNCC3)nc2-c2ccc(CN)cc2)cc1. The molecule has 1 aromatic heterocycles. The monoisotopic (exact) mass is 401 g/mol. The van der Waals surface area contributed by atoms with Crippen molar-refractivity contribution < 1.29 is 0 Å². The van der Waals surface area contributed by atoms with Gasteiger partial charge in [-0.25, -0.2) is 4.98 Å². The summed E-state index contributed by atoms with van der Waals surface area (Å²) in [7, 11) is 0. The van der Waals surface area contributed by atoms with Gasteiger partial charge in [0.05, 0.1) is 5.69 Å². The van der Waals surface area contributed by atoms with Crippen molar-refractivity contribution in [3.8, 4) is 22.4 Å². The van der Waals surface area contributed by atoms with Gasteiger partial charge in [-0.05, 0) is 60.7 Å². The smallest absolute Gasteiger partial charge is 0.126 e. The molecule has 0 amide bonds. The van der Waals surface area contributed by atoms with E-state index in [9.17, 15) is 0 Å². The normalized spacial score (nSPS) is 14.6. The molecule has 1 saturated heterocycles. The molecule has 0 radical (unpaired) electrons. The molecule has 0 unspecified atom stereocenters. The van der Waals surface area contributed by atoms with Crippen LogP contribution in [0.1, 0.15) is 24.0 Å². The quantitative estimate of drug-likeness (QED) is 0.484. The van der Waals surface area contributed by atoms with Crippen molar-refractivity contribution in [1.82, 2.24) is 10.3 Å². The number of anilines is 1. The average Bonchev–Trinajstić information content (AvgIpc) is 2.83. The second-order valence-electron chi connectivity index (χ2n) is 7.97. The standard InChI is InChI=1S/C25H31N5/c26-15-18-1-5-21(6-2-18)23-9-10-24(29-17-20-11-13-28-14-12-20)30-25(23)22-7-3-19(16-27)4-8-22/h1-10,20,28H,11-17,26-27H2,(H,29,30). The Morgan fingerprint density at radius 2 is 1.40 bits per heavy atom. The molecule has 5 heteroatoms. The lowest BCUT2D eigenvalue weighted by Crippen LogP contribution is -2.31. The lowest BCUT2D eigenvalue weighted by molar-refractivity contribution is 0.389. The first-order valence-corrected chi connectivity index (χ1v) is 10.8. The second-order valence-corrected chi connectivity index (χ2v) is 7.97. The van der Waals surface area contributed by atoms with E-state index in [4.69, 9.17) is 16.5 Å². The maximum absolute atomic E-state index is 5.78. The highest BCUT2D eigenvalue weighted by atomic mass is 15.0. The first-order chi connectivity index (χ1) is 14.8. The molecule has 156 valence electrons. The van der Waals surface area contributed by atoms with Crippen LogP contribution in [0.3, 0.4) is 0 Å². The fourth-order valence-electron chi connectivity index (χ4n) is 3.96. The van der Waals surface area contributed by atoms with Crippen LogP contribution in [0.2, 0.25) is 0 Å². The minimum absolute atomic E-state index is 0.541. The van der Waals surface area contributed by atoms with Crippen LogP contribution in [0.5, 0.6) is 0 Å². The van der Waals surface area contributed by atoms with Crippen LogP contribution in [0.25, 0.3) is 22.4 Å². The van der Waals surface area contributed by atoms with Gasteiger partial charge in [-0.15, -0.1) is 0 Å². The van der Waals surface area contributed by atoms with E-state index in [1.165, 1.54) is 12.8 Å². The Morgan fingerprint density at radius 3 is 2.00 bits per heavy atom. The van der Waals surface area contributed by atoms with E-state index in [1.807, 2.05) is 0 Å². The summed E-state index contributed by atoms with van der Waals surface area (Å²) in [6, 6.07) is 21.0. The molecule has 1 fully saturated rings. The maximum atomic E-state index is 5.78. The number of rotatable bonds is 7. The molecule has 0 bridgehead atoms. The van der Waals surface area contributed by atoms with Crippen molar-refractivity contribution >= 4 is 5.82 Å². The Kier molecular flexibility index (Phi) is 6.74. The molecule has 3 aromatic rings. The van der Waals surface area contributed by atoms with E-state index >= 15 is 0 Å². The van der Waals surface area contributed by atoms with Crippen LogP contribution in [0.4, 0.5) is 5.82 Å². The third kappa shape index (κ3) is 4.87. The van der Waals surface area contributed by atoms with Gasteiger partial charge in [-0.1, -0.05) is 48.5 Å². The van der Waals surface area contributed by atoms with Gasteiger partial charge in [-0.2, -0.15) is 0 Å². The van der Waals surface area contributed by atoms with Gasteiger partial charge < -0.3 is 22.1 Å². The van der Waals surface area contributed by atoms with E-state index in [0.29, 0.717) is 19.0 Å². The van der Waals surface area contributed by atoms with E-state index < -0.39 is 0 Å². The number of aromatic nitrogens is 1. The Hall–Kier alpha value is -2.73. The molecular weight excluding hydrogens is 370 g/mol. The van der Waals surface area contributed by atoms with Crippen LogP contribution >= 0.6 is 0 Å². The Morgan fingerprint density at radius 1 is 0.800 bits per heavy atom. The highest BCUT2D eigenvalue weighted by Gasteiger charge is 2.14. The molecule has 30 heavy (non-hydrogen) atoms. The van der Waals surface area contributed by atoms with Crippen molar-refractivity contribution in [3.63, 3.8) is 0 Å². The first-order valence-electron chi connectivity index (χ1n) is 10.8. The third-order valence-corrected chi connectivity index (χ3v) is 5.89. The van der Waals surface area contributed by atoms with E-state index in [1.54, 1.807) is 0 Å². The minimum Gasteiger partial charge on any atom is -0.370 e. The van der Waals surface area contributed by atoms with Crippen LogP contribution in [0, 0.1) is 5.92 Å². The van der Waals surface area contributed by atoms with Crippen molar-refractivity contribution in [2.75, 3.05) is 25.0 Å². The molecule has 4 rings (SSSR count). The number of nitrogens with two attached hydrogens (primary N) is 2. The van der Waals surface area contributed by atoms with Gasteiger partial charge in [0, 0.05) is 30.8 Å². The molecular formula is C25H31N5. The lowest BCUT2D eigenvalue weighted by Gasteiger charge is -2.23. The van der Waals surface area contributed by atoms with Crippen LogP contribution in [-0.2, 0) is 13.1 Å². The van der Waals surface area contributed by atoms with Gasteiger partial charge in [0.1, 0.15) is 5.82 Å². The summed E-state index contributed by atoms with van der Waals surface area (Å²) in [5.74, 6) is 1.62. The third-order valence-electron chi connectivity index (χ3n) is 5.89. The van der Waals surface area contributed by atoms with Crippen molar-refractivity contribution in [2.45, 2.75) is 25.9 Å². The molecule has 0 saturated carbocycles. The average molecular weight is 402 g/mol. The zero-order valence-electron chi connectivity index (χ0n) is 17.4. The molecule has 1 aliphatic rings. The van der Waals surface area contributed by atoms with Crippen molar-refractivity contribution in [2.24, 2.45) is 17.4 Å². The number of pyridine rings is 1. The van der Waals surface area contributed by atoms with Gasteiger partial charge in [0.15, 0.2) is 0 Å². The molecule has 6 N–H and O–H groups in total. The van der Waals surface area contributed by atoms with E-state index in [0.717, 1.165) is 59.0 Å². The summed E-state index contributed by atoms with van der Waals surface area (Å²) < 4.78 is 0. The molecule has 5 nitrogen and oxygen atoms in total. The summed E-state index contributed by atoms with van der Waals surface area (Å²) in [5, 5.41) is 7.00. The fourth-order valence-corrected chi connectivity index (χ4v) is 3.96. The first kappa shape index (κ1) is 20.5. The topological polar surface area (TPSA) is 89.0 Å². The second kappa shape index (κ2) is 9.85. The van der Waals surface area contributed by atoms with Crippen LogP contribution < -0.4 is 22.1 Å². The van der Waals surface area contributed by atoms with E-state index in [2.05, 4.69) is 71.3 Å². The highest BCUT2D eigenvalue weighted by Crippen LogP contribution is 2.32. The Bertz CT molecular complexity index is 944. The maximum Gasteiger partial charge on any atom is 0.126 e. The fraction of sp³-hybridized carbons (Fsp3) is 0.320. The molecule has 2 aromatic carbocycles. The van der Waals surface area contributed by atoms with Gasteiger partial charge >= 0.3 is 0 Å². The Labute approximate surface area is 178 Å². The van der Waals surface area contributed by atoms with Gasteiger partial charge in [0.25, 0.3) is 0 Å². The van der Waals surface area contributed by atoms with Crippen LogP contribution in [0.15, 0.2) is 60.7 Å². The Balaban J connectivity index is 1.65. The molecule has 0 atom stereocenters. The van der Waals surface area contributed by atoms with Crippen molar-refractivity contribution in [3.05, 3.63) is 71.8 Å². The largest absolute Gasteiger partial charge is 0.370 e. The number of piperidine rings is 1. The lowest BCUT2D eigenvalue weighted by atomic mass is 9.97. The number of nitrogens with zero attached hydrogens (tertiary/aromatic N) is 1. The minimum atomic E-state index is 0.541. The number of hydrogen-bond donors (Lipinski definition) is 4. The zero-order chi connectivity index (χ0) is 20.8. The zero-order valence-corrected chi connectivity index (χ0v) is 17.4.